The number of fused-ring (bicyclic) bond motifs is 3. The second kappa shape index (κ2) is 5.83. The van der Waals surface area contributed by atoms with Gasteiger partial charge in [-0.3, -0.25) is 4.79 Å². The van der Waals surface area contributed by atoms with E-state index < -0.39 is 0 Å². The van der Waals surface area contributed by atoms with Gasteiger partial charge in [-0.2, -0.15) is 0 Å². The van der Waals surface area contributed by atoms with Crippen LogP contribution in [-0.2, 0) is 16.8 Å². The second-order valence-corrected chi connectivity index (χ2v) is 9.06. The van der Waals surface area contributed by atoms with Crippen molar-refractivity contribution in [2.45, 2.75) is 70.5 Å². The molecule has 0 radical (unpaired) electrons. The van der Waals surface area contributed by atoms with Crippen molar-refractivity contribution in [2.24, 2.45) is 11.8 Å². The lowest BCUT2D eigenvalue weighted by atomic mass is 9.75. The van der Waals surface area contributed by atoms with Crippen LogP contribution in [-0.4, -0.2) is 46.1 Å². The Hall–Kier alpha value is -1.43. The number of hydrogen-bond acceptors (Lipinski definition) is 3. The fraction of sp³-hybridized carbons (Fsp3) is 0.833. The molecule has 132 valence electrons. The number of nitrogens with zero attached hydrogens (tertiary/aromatic N) is 3. The smallest absolute Gasteiger partial charge is 0.229 e. The SMILES string of the molecule is CC(C)(C)c1cn(C[C@H]2C[C@H]3CC[NH+]2C[C@@H]3C(=O)NC2CC2)nn1. The summed E-state index contributed by atoms with van der Waals surface area (Å²) in [6.07, 6.45) is 6.78. The fourth-order valence-corrected chi connectivity index (χ4v) is 4.31. The number of carbonyl (C=O) groups excluding carboxylic acids is 1. The van der Waals surface area contributed by atoms with Gasteiger partial charge in [0.15, 0.2) is 0 Å². The summed E-state index contributed by atoms with van der Waals surface area (Å²) >= 11 is 0. The Morgan fingerprint density at radius 1 is 1.38 bits per heavy atom. The van der Waals surface area contributed by atoms with Gasteiger partial charge in [-0.25, -0.2) is 4.68 Å². The first-order chi connectivity index (χ1) is 11.4. The molecular formula is C18H30N5O+. The van der Waals surface area contributed by atoms with Gasteiger partial charge in [-0.1, -0.05) is 26.0 Å². The minimum atomic E-state index is 0.0446. The van der Waals surface area contributed by atoms with E-state index in [1.165, 1.54) is 25.8 Å². The topological polar surface area (TPSA) is 64.2 Å². The first-order valence-corrected chi connectivity index (χ1v) is 9.46. The van der Waals surface area contributed by atoms with Gasteiger partial charge in [-0.05, 0) is 18.8 Å². The number of carbonyl (C=O) groups is 1. The first kappa shape index (κ1) is 16.1. The molecule has 4 aliphatic rings. The molecule has 4 fully saturated rings. The molecule has 3 aliphatic heterocycles. The van der Waals surface area contributed by atoms with Crippen molar-refractivity contribution >= 4 is 5.91 Å². The van der Waals surface area contributed by atoms with E-state index in [0.29, 0.717) is 23.9 Å². The van der Waals surface area contributed by atoms with Crippen LogP contribution in [0.25, 0.3) is 0 Å². The zero-order valence-corrected chi connectivity index (χ0v) is 15.1. The van der Waals surface area contributed by atoms with Crippen molar-refractivity contribution in [2.75, 3.05) is 13.1 Å². The summed E-state index contributed by atoms with van der Waals surface area (Å²) in [6, 6.07) is 1.05. The van der Waals surface area contributed by atoms with Gasteiger partial charge in [-0.15, -0.1) is 5.10 Å². The Balaban J connectivity index is 1.38. The van der Waals surface area contributed by atoms with Gasteiger partial charge < -0.3 is 10.2 Å². The molecule has 0 spiro atoms. The van der Waals surface area contributed by atoms with Crippen molar-refractivity contribution in [3.05, 3.63) is 11.9 Å². The Morgan fingerprint density at radius 3 is 2.75 bits per heavy atom. The summed E-state index contributed by atoms with van der Waals surface area (Å²) in [5.74, 6) is 1.09. The number of nitrogens with one attached hydrogen (secondary N) is 2. The summed E-state index contributed by atoms with van der Waals surface area (Å²) in [7, 11) is 0. The zero-order valence-electron chi connectivity index (χ0n) is 15.1. The Labute approximate surface area is 144 Å². The molecule has 5 rings (SSSR count). The summed E-state index contributed by atoms with van der Waals surface area (Å²) in [4.78, 5) is 14.0. The Bertz CT molecular complexity index is 615. The molecule has 4 heterocycles. The van der Waals surface area contributed by atoms with Crippen LogP contribution in [0.5, 0.6) is 0 Å². The molecule has 2 N–H and O–H groups in total. The highest BCUT2D eigenvalue weighted by molar-refractivity contribution is 5.79. The van der Waals surface area contributed by atoms with Crippen LogP contribution in [0.3, 0.4) is 0 Å². The zero-order chi connectivity index (χ0) is 16.9. The minimum absolute atomic E-state index is 0.0446. The minimum Gasteiger partial charge on any atom is -0.353 e. The quantitative estimate of drug-likeness (QED) is 0.825. The average molecular weight is 332 g/mol. The highest BCUT2D eigenvalue weighted by Crippen LogP contribution is 2.29. The Morgan fingerprint density at radius 2 is 2.17 bits per heavy atom. The second-order valence-electron chi connectivity index (χ2n) is 9.06. The number of amides is 1. The van der Waals surface area contributed by atoms with Crippen molar-refractivity contribution in [3.63, 3.8) is 0 Å². The summed E-state index contributed by atoms with van der Waals surface area (Å²) < 4.78 is 2.01. The maximum atomic E-state index is 12.5. The van der Waals surface area contributed by atoms with E-state index in [1.54, 1.807) is 4.90 Å². The van der Waals surface area contributed by atoms with E-state index in [2.05, 4.69) is 42.6 Å². The fourth-order valence-electron chi connectivity index (χ4n) is 4.31. The molecule has 1 amide bonds. The van der Waals surface area contributed by atoms with Crippen LogP contribution in [0.4, 0.5) is 0 Å². The van der Waals surface area contributed by atoms with Gasteiger partial charge in [0.25, 0.3) is 0 Å². The third-order valence-corrected chi connectivity index (χ3v) is 6.03. The number of rotatable bonds is 4. The van der Waals surface area contributed by atoms with Gasteiger partial charge in [0.2, 0.25) is 5.91 Å². The normalized spacial score (nSPS) is 32.8. The molecule has 6 nitrogen and oxygen atoms in total. The van der Waals surface area contributed by atoms with Crippen LogP contribution in [0.2, 0.25) is 0 Å². The van der Waals surface area contributed by atoms with Gasteiger partial charge in [0, 0.05) is 30.5 Å². The van der Waals surface area contributed by atoms with Crippen LogP contribution in [0.1, 0.15) is 52.1 Å². The monoisotopic (exact) mass is 332 g/mol. The maximum absolute atomic E-state index is 12.5. The average Bonchev–Trinajstić information content (AvgIpc) is 3.21. The molecule has 3 saturated heterocycles. The summed E-state index contributed by atoms with van der Waals surface area (Å²) in [6.45, 7) is 9.62. The standard InChI is InChI=1S/C18H29N5O/c1-18(2,3)16-11-23(21-20-16)9-14-8-12-6-7-22(14)10-15(12)17(24)19-13-4-5-13/h11-15H,4-10H2,1-3H3,(H,19,24)/p+1/t12-,14-,15+/m1/s1. The number of hydrogen-bond donors (Lipinski definition) is 2. The summed E-state index contributed by atoms with van der Waals surface area (Å²) in [5, 5.41) is 11.9. The molecule has 0 aromatic carbocycles. The van der Waals surface area contributed by atoms with E-state index in [1.807, 2.05) is 4.68 Å². The molecule has 2 bridgehead atoms. The van der Waals surface area contributed by atoms with Crippen molar-refractivity contribution in [1.82, 2.24) is 20.3 Å². The predicted molar refractivity (Wildman–Crippen MR) is 90.6 cm³/mol. The van der Waals surface area contributed by atoms with Crippen molar-refractivity contribution in [1.29, 1.82) is 0 Å². The highest BCUT2D eigenvalue weighted by atomic mass is 16.2. The van der Waals surface area contributed by atoms with Crippen LogP contribution in [0.15, 0.2) is 6.20 Å². The lowest BCUT2D eigenvalue weighted by Gasteiger charge is -2.46. The van der Waals surface area contributed by atoms with Crippen LogP contribution >= 0.6 is 0 Å². The predicted octanol–water partition coefficient (Wildman–Crippen LogP) is 0.148. The van der Waals surface area contributed by atoms with E-state index in [4.69, 9.17) is 0 Å². The molecule has 6 heteroatoms. The summed E-state index contributed by atoms with van der Waals surface area (Å²) in [5.41, 5.74) is 1.10. The molecule has 1 saturated carbocycles. The number of piperidine rings is 3. The molecule has 1 aliphatic carbocycles. The third-order valence-electron chi connectivity index (χ3n) is 6.03. The third kappa shape index (κ3) is 3.21. The van der Waals surface area contributed by atoms with Gasteiger partial charge >= 0.3 is 0 Å². The van der Waals surface area contributed by atoms with Crippen molar-refractivity contribution < 1.29 is 9.69 Å². The van der Waals surface area contributed by atoms with Crippen LogP contribution < -0.4 is 10.2 Å². The van der Waals surface area contributed by atoms with E-state index in [-0.39, 0.29) is 11.3 Å². The molecule has 24 heavy (non-hydrogen) atoms. The van der Waals surface area contributed by atoms with E-state index >= 15 is 0 Å². The lowest BCUT2D eigenvalue weighted by molar-refractivity contribution is -0.945. The van der Waals surface area contributed by atoms with E-state index in [9.17, 15) is 4.79 Å². The molecular weight excluding hydrogens is 302 g/mol. The maximum Gasteiger partial charge on any atom is 0.229 e. The van der Waals surface area contributed by atoms with Gasteiger partial charge in [0.05, 0.1) is 31.2 Å². The van der Waals surface area contributed by atoms with Gasteiger partial charge in [0.1, 0.15) is 6.04 Å². The first-order valence-electron chi connectivity index (χ1n) is 9.46. The molecule has 1 aromatic heterocycles. The molecule has 1 unspecified atom stereocenters. The highest BCUT2D eigenvalue weighted by Gasteiger charge is 2.47. The van der Waals surface area contributed by atoms with E-state index in [0.717, 1.165) is 25.2 Å². The van der Waals surface area contributed by atoms with Crippen LogP contribution in [0, 0.1) is 11.8 Å². The van der Waals surface area contributed by atoms with Crippen molar-refractivity contribution in [3.8, 4) is 0 Å². The largest absolute Gasteiger partial charge is 0.353 e. The molecule has 4 atom stereocenters. The number of aromatic nitrogens is 3. The molecule has 1 aromatic rings. The Kier molecular flexibility index (Phi) is 3.90. The number of quaternary nitrogens is 1. The lowest BCUT2D eigenvalue weighted by Crippen LogP contribution is -3.20.